The van der Waals surface area contributed by atoms with Crippen molar-refractivity contribution in [2.24, 2.45) is 10.3 Å². The Hall–Kier alpha value is -1.29. The van der Waals surface area contributed by atoms with Crippen LogP contribution in [0.15, 0.2) is 34.7 Å². The Kier molecular flexibility index (Phi) is 4.19. The molecule has 0 aliphatic heterocycles. The molecule has 0 saturated heterocycles. The van der Waals surface area contributed by atoms with Gasteiger partial charge in [0.25, 0.3) is 0 Å². The van der Waals surface area contributed by atoms with Crippen LogP contribution in [0.4, 0.5) is 0 Å². The van der Waals surface area contributed by atoms with E-state index in [9.17, 15) is 4.79 Å². The molecule has 0 radical (unpaired) electrons. The molecule has 14 heavy (non-hydrogen) atoms. The maximum Gasteiger partial charge on any atom is 0.312 e. The zero-order valence-electron chi connectivity index (χ0n) is 7.50. The van der Waals surface area contributed by atoms with Crippen LogP contribution in [0, 0.1) is 5.92 Å². The summed E-state index contributed by atoms with van der Waals surface area (Å²) in [6.45, 7) is 0. The van der Waals surface area contributed by atoms with E-state index in [0.717, 1.165) is 5.56 Å². The van der Waals surface area contributed by atoms with Gasteiger partial charge in [0.2, 0.25) is 0 Å². The topological polar surface area (TPSA) is 49.7 Å². The third kappa shape index (κ3) is 3.22. The molecule has 0 bridgehead atoms. The summed E-state index contributed by atoms with van der Waals surface area (Å²) in [5.41, 5.74) is 0.980. The first-order valence-corrected chi connectivity index (χ1v) is 4.58. The first-order chi connectivity index (χ1) is 6.74. The van der Waals surface area contributed by atoms with E-state index < -0.39 is 11.9 Å². The second kappa shape index (κ2) is 5.44. The Morgan fingerprint density at radius 2 is 2.14 bits per heavy atom. The highest BCUT2D eigenvalue weighted by Crippen LogP contribution is 2.07. The largest absolute Gasteiger partial charge is 0.481 e. The molecular weight excluding hydrogens is 198 g/mol. The molecule has 1 N–H and O–H groups in total. The Bertz CT molecular complexity index is 324. The zero-order valence-corrected chi connectivity index (χ0v) is 8.39. The molecule has 0 saturated carbocycles. The van der Waals surface area contributed by atoms with Crippen molar-refractivity contribution in [3.8, 4) is 0 Å². The molecule has 74 valence electrons. The Labute approximate surface area is 88.0 Å². The number of nitrogens with zero attached hydrogens (tertiary/aromatic N) is 1. The van der Waals surface area contributed by atoms with Gasteiger partial charge in [0, 0.05) is 6.21 Å². The van der Waals surface area contributed by atoms with Crippen LogP contribution in [0.25, 0.3) is 0 Å². The number of carboxylic acids is 1. The van der Waals surface area contributed by atoms with Crippen LogP contribution in [-0.2, 0) is 11.2 Å². The van der Waals surface area contributed by atoms with E-state index >= 15 is 0 Å². The third-order valence-corrected chi connectivity index (χ3v) is 2.00. The third-order valence-electron chi connectivity index (χ3n) is 1.86. The summed E-state index contributed by atoms with van der Waals surface area (Å²) < 4.78 is 3.44. The minimum atomic E-state index is -0.883. The number of aliphatic carboxylic acids is 1. The molecule has 0 heterocycles. The predicted octanol–water partition coefficient (Wildman–Crippen LogP) is 1.85. The quantitative estimate of drug-likeness (QED) is 0.587. The minimum Gasteiger partial charge on any atom is -0.481 e. The number of rotatable bonds is 4. The van der Waals surface area contributed by atoms with Gasteiger partial charge in [0.15, 0.2) is 0 Å². The van der Waals surface area contributed by atoms with E-state index in [1.54, 1.807) is 0 Å². The summed E-state index contributed by atoms with van der Waals surface area (Å²) >= 11 is 3.63. The van der Waals surface area contributed by atoms with Crippen molar-refractivity contribution < 1.29 is 9.90 Å². The van der Waals surface area contributed by atoms with Crippen molar-refractivity contribution in [1.29, 1.82) is 0 Å². The van der Waals surface area contributed by atoms with Gasteiger partial charge in [-0.3, -0.25) is 4.79 Å². The van der Waals surface area contributed by atoms with Gasteiger partial charge in [-0.15, -0.1) is 0 Å². The lowest BCUT2D eigenvalue weighted by Crippen LogP contribution is -2.17. The van der Waals surface area contributed by atoms with Crippen molar-refractivity contribution in [1.82, 2.24) is 0 Å². The van der Waals surface area contributed by atoms with Crippen LogP contribution >= 0.6 is 12.8 Å². The average molecular weight is 209 g/mol. The lowest BCUT2D eigenvalue weighted by atomic mass is 10.0. The van der Waals surface area contributed by atoms with Crippen molar-refractivity contribution in [3.05, 3.63) is 35.9 Å². The monoisotopic (exact) mass is 209 g/mol. The van der Waals surface area contributed by atoms with E-state index in [-0.39, 0.29) is 0 Å². The van der Waals surface area contributed by atoms with Crippen molar-refractivity contribution in [3.63, 3.8) is 0 Å². The number of carbonyl (C=O) groups is 1. The summed E-state index contributed by atoms with van der Waals surface area (Å²) in [7, 11) is 0. The highest BCUT2D eigenvalue weighted by Gasteiger charge is 2.14. The fourth-order valence-electron chi connectivity index (χ4n) is 1.15. The number of benzene rings is 1. The summed E-state index contributed by atoms with van der Waals surface area (Å²) in [5, 5.41) is 8.84. The first-order valence-electron chi connectivity index (χ1n) is 4.18. The number of carboxylic acid groups (broad SMARTS) is 1. The molecule has 0 aliphatic rings. The molecule has 1 atom stereocenters. The number of thiol groups is 1. The number of hydrogen-bond donors (Lipinski definition) is 2. The second-order valence-electron chi connectivity index (χ2n) is 2.90. The van der Waals surface area contributed by atoms with Crippen LogP contribution in [0.5, 0.6) is 0 Å². The normalized spacial score (nSPS) is 12.9. The van der Waals surface area contributed by atoms with Crippen molar-refractivity contribution in [2.45, 2.75) is 6.42 Å². The van der Waals surface area contributed by atoms with Gasteiger partial charge < -0.3 is 5.11 Å². The standard InChI is InChI=1S/C10H11NO2S/c12-10(13)9(7-11-14)6-8-4-2-1-3-5-8/h1-5,7,9,14H,6H2,(H,12,13)/b11-7-. The van der Waals surface area contributed by atoms with E-state index in [4.69, 9.17) is 5.11 Å². The maximum atomic E-state index is 10.8. The highest BCUT2D eigenvalue weighted by atomic mass is 32.1. The highest BCUT2D eigenvalue weighted by molar-refractivity contribution is 7.78. The summed E-state index contributed by atoms with van der Waals surface area (Å²) in [5.74, 6) is -1.48. The zero-order chi connectivity index (χ0) is 10.4. The fraction of sp³-hybridized carbons (Fsp3) is 0.200. The van der Waals surface area contributed by atoms with Crippen LogP contribution in [0.1, 0.15) is 5.56 Å². The molecular formula is C10H11NO2S. The van der Waals surface area contributed by atoms with Gasteiger partial charge in [-0.1, -0.05) is 30.3 Å². The van der Waals surface area contributed by atoms with Crippen LogP contribution in [0.2, 0.25) is 0 Å². The lowest BCUT2D eigenvalue weighted by molar-refractivity contribution is -0.139. The van der Waals surface area contributed by atoms with Gasteiger partial charge in [-0.25, -0.2) is 4.40 Å². The summed E-state index contributed by atoms with van der Waals surface area (Å²) in [6, 6.07) is 9.44. The van der Waals surface area contributed by atoms with Crippen LogP contribution in [0.3, 0.4) is 0 Å². The molecule has 0 aliphatic carbocycles. The summed E-state index contributed by atoms with van der Waals surface area (Å²) in [6.07, 6.45) is 1.78. The molecule has 4 heteroatoms. The van der Waals surface area contributed by atoms with Crippen LogP contribution in [-0.4, -0.2) is 17.3 Å². The van der Waals surface area contributed by atoms with E-state index in [1.165, 1.54) is 6.21 Å². The molecule has 1 aromatic rings. The van der Waals surface area contributed by atoms with Crippen LogP contribution < -0.4 is 0 Å². The molecule has 1 unspecified atom stereocenters. The minimum absolute atomic E-state index is 0.445. The smallest absolute Gasteiger partial charge is 0.312 e. The van der Waals surface area contributed by atoms with Crippen molar-refractivity contribution in [2.75, 3.05) is 0 Å². The first kappa shape index (κ1) is 10.8. The van der Waals surface area contributed by atoms with Crippen molar-refractivity contribution >= 4 is 25.0 Å². The van der Waals surface area contributed by atoms with Gasteiger partial charge in [0.05, 0.1) is 5.92 Å². The molecule has 0 spiro atoms. The van der Waals surface area contributed by atoms with E-state index in [0.29, 0.717) is 6.42 Å². The second-order valence-corrected chi connectivity index (χ2v) is 3.13. The lowest BCUT2D eigenvalue weighted by Gasteiger charge is -2.05. The van der Waals surface area contributed by atoms with E-state index in [2.05, 4.69) is 17.2 Å². The maximum absolute atomic E-state index is 10.8. The summed E-state index contributed by atoms with van der Waals surface area (Å²) in [4.78, 5) is 10.8. The molecule has 3 nitrogen and oxygen atoms in total. The Morgan fingerprint density at radius 1 is 1.50 bits per heavy atom. The molecule has 1 aromatic carbocycles. The number of hydrogen-bond acceptors (Lipinski definition) is 3. The van der Waals surface area contributed by atoms with E-state index in [1.807, 2.05) is 30.3 Å². The molecule has 0 amide bonds. The molecule has 0 aromatic heterocycles. The SMILES string of the molecule is O=C(O)C(/C=N\S)Cc1ccccc1. The fourth-order valence-corrected chi connectivity index (χ4v) is 1.31. The van der Waals surface area contributed by atoms with Gasteiger partial charge in [-0.05, 0) is 24.8 Å². The Balaban J connectivity index is 2.70. The average Bonchev–Trinajstić information content (AvgIpc) is 2.18. The van der Waals surface area contributed by atoms with Gasteiger partial charge in [0.1, 0.15) is 0 Å². The van der Waals surface area contributed by atoms with Gasteiger partial charge in [-0.2, -0.15) is 0 Å². The molecule has 1 rings (SSSR count). The van der Waals surface area contributed by atoms with Gasteiger partial charge >= 0.3 is 5.97 Å². The Morgan fingerprint density at radius 3 is 2.64 bits per heavy atom. The molecule has 0 fully saturated rings. The predicted molar refractivity (Wildman–Crippen MR) is 58.7 cm³/mol.